The van der Waals surface area contributed by atoms with Gasteiger partial charge in [0.15, 0.2) is 0 Å². The molecule has 0 aromatic heterocycles. The van der Waals surface area contributed by atoms with Crippen LogP contribution in [0.5, 0.6) is 0 Å². The maximum atomic E-state index is 10.8. The molecule has 0 saturated heterocycles. The SMILES string of the molecule is CCCCCCCCCCC/C=C/C(CCCCCCCCC)COS(=O)(=O)[O-].CCCCCCCCCCC/C=C/C(CCCCCCCCC)COS(=O)(=O)[O-].[Ca+2]. The molecule has 59 heavy (non-hydrogen) atoms. The molecule has 0 aliphatic rings. The zero-order chi connectivity index (χ0) is 43.3. The molecule has 0 spiro atoms. The predicted molar refractivity (Wildman–Crippen MR) is 251 cm³/mol. The van der Waals surface area contributed by atoms with E-state index in [4.69, 9.17) is 0 Å². The Balaban J connectivity index is -0.00000105. The molecule has 0 aromatic rings. The van der Waals surface area contributed by atoms with Crippen molar-refractivity contribution in [3.05, 3.63) is 24.3 Å². The molecule has 0 rings (SSSR count). The summed E-state index contributed by atoms with van der Waals surface area (Å²) in [7, 11) is -9.21. The van der Waals surface area contributed by atoms with Gasteiger partial charge in [0.25, 0.3) is 0 Å². The first-order valence-corrected chi connectivity index (χ1v) is 27.2. The van der Waals surface area contributed by atoms with Crippen LogP contribution in [0.1, 0.15) is 259 Å². The Morgan fingerprint density at radius 1 is 0.373 bits per heavy atom. The second-order valence-corrected chi connectivity index (χ2v) is 18.9. The molecular weight excluding hydrogens is 809 g/mol. The van der Waals surface area contributed by atoms with Crippen molar-refractivity contribution < 1.29 is 34.3 Å². The summed E-state index contributed by atoms with van der Waals surface area (Å²) in [6.07, 6.45) is 53.1. The van der Waals surface area contributed by atoms with E-state index < -0.39 is 20.8 Å². The van der Waals surface area contributed by atoms with Crippen LogP contribution in [0.2, 0.25) is 0 Å². The summed E-state index contributed by atoms with van der Waals surface area (Å²) >= 11 is 0. The summed E-state index contributed by atoms with van der Waals surface area (Å²) in [6.45, 7) is 8.90. The quantitative estimate of drug-likeness (QED) is 0.0194. The van der Waals surface area contributed by atoms with Gasteiger partial charge in [-0.2, -0.15) is 0 Å². The van der Waals surface area contributed by atoms with Crippen molar-refractivity contribution in [1.82, 2.24) is 0 Å². The maximum Gasteiger partial charge on any atom is 2.00 e. The summed E-state index contributed by atoms with van der Waals surface area (Å²) in [4.78, 5) is 0. The number of hydrogen-bond acceptors (Lipinski definition) is 8. The van der Waals surface area contributed by atoms with Crippen LogP contribution in [0, 0.1) is 11.8 Å². The molecule has 0 radical (unpaired) electrons. The molecule has 348 valence electrons. The van der Waals surface area contributed by atoms with E-state index in [9.17, 15) is 25.9 Å². The molecule has 0 heterocycles. The fraction of sp³-hybridized carbons (Fsp3) is 0.917. The Labute approximate surface area is 398 Å². The molecule has 0 bridgehead atoms. The van der Waals surface area contributed by atoms with Gasteiger partial charge in [0.05, 0.1) is 13.2 Å². The Morgan fingerprint density at radius 3 is 0.831 bits per heavy atom. The van der Waals surface area contributed by atoms with Crippen LogP contribution >= 0.6 is 0 Å². The third-order valence-corrected chi connectivity index (χ3v) is 11.8. The molecule has 8 nitrogen and oxygen atoms in total. The van der Waals surface area contributed by atoms with Crippen LogP contribution in [0.15, 0.2) is 24.3 Å². The van der Waals surface area contributed by atoms with Gasteiger partial charge in [-0.15, -0.1) is 0 Å². The van der Waals surface area contributed by atoms with E-state index >= 15 is 0 Å². The van der Waals surface area contributed by atoms with Crippen LogP contribution in [0.3, 0.4) is 0 Å². The molecule has 0 aliphatic carbocycles. The third-order valence-electron chi connectivity index (χ3n) is 11.0. The average molecular weight is 903 g/mol. The minimum atomic E-state index is -4.60. The Kier molecular flexibility index (Phi) is 53.5. The predicted octanol–water partition coefficient (Wildman–Crippen LogP) is 15.0. The second-order valence-electron chi connectivity index (χ2n) is 16.8. The minimum Gasteiger partial charge on any atom is -0.726 e. The molecule has 0 aliphatic heterocycles. The number of rotatable bonds is 44. The van der Waals surface area contributed by atoms with Gasteiger partial charge in [0.1, 0.15) is 0 Å². The molecule has 11 heteroatoms. The topological polar surface area (TPSA) is 133 Å². The summed E-state index contributed by atoms with van der Waals surface area (Å²) in [5, 5.41) is 0. The van der Waals surface area contributed by atoms with Crippen molar-refractivity contribution in [1.29, 1.82) is 0 Å². The van der Waals surface area contributed by atoms with Crippen LogP contribution in [-0.4, -0.2) is 76.9 Å². The van der Waals surface area contributed by atoms with Crippen LogP contribution in [0.25, 0.3) is 0 Å². The first kappa shape index (κ1) is 63.8. The number of unbranched alkanes of at least 4 members (excludes halogenated alkanes) is 30. The fourth-order valence-electron chi connectivity index (χ4n) is 7.26. The van der Waals surface area contributed by atoms with Crippen LogP contribution in [0.4, 0.5) is 0 Å². The molecule has 2 atom stereocenters. The summed E-state index contributed by atoms with van der Waals surface area (Å²) < 4.78 is 73.7. The summed E-state index contributed by atoms with van der Waals surface area (Å²) in [5.74, 6) is 0.0425. The second kappa shape index (κ2) is 49.5. The molecule has 0 saturated carbocycles. The average Bonchev–Trinajstić information content (AvgIpc) is 3.18. The Morgan fingerprint density at radius 2 is 0.593 bits per heavy atom. The van der Waals surface area contributed by atoms with Gasteiger partial charge in [0.2, 0.25) is 20.8 Å². The van der Waals surface area contributed by atoms with Crippen molar-refractivity contribution in [2.24, 2.45) is 11.8 Å². The third kappa shape index (κ3) is 58.5. The molecule has 2 unspecified atom stereocenters. The van der Waals surface area contributed by atoms with Crippen molar-refractivity contribution in [3.8, 4) is 0 Å². The van der Waals surface area contributed by atoms with E-state index in [1.807, 2.05) is 0 Å². The van der Waals surface area contributed by atoms with E-state index in [2.05, 4.69) is 60.4 Å². The fourth-order valence-corrected chi connectivity index (χ4v) is 7.94. The van der Waals surface area contributed by atoms with Crippen molar-refractivity contribution in [2.45, 2.75) is 259 Å². The van der Waals surface area contributed by atoms with E-state index in [1.54, 1.807) is 0 Å². The zero-order valence-corrected chi connectivity index (χ0v) is 43.0. The van der Waals surface area contributed by atoms with Crippen molar-refractivity contribution in [2.75, 3.05) is 13.2 Å². The summed E-state index contributed by atoms with van der Waals surface area (Å²) in [5.41, 5.74) is 0. The first-order valence-electron chi connectivity index (χ1n) is 24.5. The normalized spacial score (nSPS) is 13.1. The smallest absolute Gasteiger partial charge is 0.726 e. The molecule has 0 amide bonds. The molecule has 0 N–H and O–H groups in total. The first-order chi connectivity index (χ1) is 28.0. The van der Waals surface area contributed by atoms with Gasteiger partial charge in [-0.05, 0) is 38.5 Å². The Bertz CT molecular complexity index is 1010. The standard InChI is InChI=1S/2C24H48O4S.Ca/c2*1-3-5-7-9-11-12-13-14-16-18-20-22-24(23-28-29(25,26)27)21-19-17-15-10-8-6-4-2;/h2*20,22,24H,3-19,21,23H2,1-2H3,(H,25,26,27);/q;;+2/p-2/b2*22-20+;. The van der Waals surface area contributed by atoms with Gasteiger partial charge in [-0.1, -0.05) is 245 Å². The van der Waals surface area contributed by atoms with Gasteiger partial charge in [0, 0.05) is 11.8 Å². The van der Waals surface area contributed by atoms with E-state index in [1.165, 1.54) is 180 Å². The van der Waals surface area contributed by atoms with E-state index in [-0.39, 0.29) is 62.8 Å². The van der Waals surface area contributed by atoms with Gasteiger partial charge in [-0.3, -0.25) is 8.37 Å². The molecule has 0 fully saturated rings. The zero-order valence-electron chi connectivity index (χ0n) is 39.1. The summed E-state index contributed by atoms with van der Waals surface area (Å²) in [6, 6.07) is 0. The minimum absolute atomic E-state index is 0. The number of allylic oxidation sites excluding steroid dienone is 2. The van der Waals surface area contributed by atoms with E-state index in [0.29, 0.717) is 0 Å². The van der Waals surface area contributed by atoms with Crippen molar-refractivity contribution >= 4 is 58.5 Å². The van der Waals surface area contributed by atoms with Gasteiger partial charge < -0.3 is 9.11 Å². The largest absolute Gasteiger partial charge is 2.00 e. The maximum absolute atomic E-state index is 10.8. The molecule has 0 aromatic carbocycles. The Hall–Kier alpha value is 0.480. The van der Waals surface area contributed by atoms with Crippen LogP contribution in [-0.2, 0) is 29.2 Å². The monoisotopic (exact) mass is 903 g/mol. The van der Waals surface area contributed by atoms with Gasteiger partial charge in [-0.25, -0.2) is 16.8 Å². The molecular formula is C48H94CaO8S2. The van der Waals surface area contributed by atoms with E-state index in [0.717, 1.165) is 51.4 Å². The number of hydrogen-bond donors (Lipinski definition) is 0. The van der Waals surface area contributed by atoms with Crippen LogP contribution < -0.4 is 0 Å². The van der Waals surface area contributed by atoms with Crippen molar-refractivity contribution in [3.63, 3.8) is 0 Å². The van der Waals surface area contributed by atoms with Gasteiger partial charge >= 0.3 is 37.7 Å².